The van der Waals surface area contributed by atoms with Crippen molar-refractivity contribution in [3.8, 4) is 0 Å². The van der Waals surface area contributed by atoms with Gasteiger partial charge in [0.1, 0.15) is 18.3 Å². The fourth-order valence-electron chi connectivity index (χ4n) is 4.83. The number of ether oxygens (including phenoxy) is 3. The highest BCUT2D eigenvalue weighted by atomic mass is 16.6. The van der Waals surface area contributed by atoms with Crippen LogP contribution < -0.4 is 0 Å². The molecule has 6 atom stereocenters. The molecule has 0 spiro atoms. The average Bonchev–Trinajstić information content (AvgIpc) is 3.56. The molecular formula is C28H30O5. The lowest BCUT2D eigenvalue weighted by molar-refractivity contribution is -0.235. The molecule has 2 fully saturated rings. The fraction of sp³-hybridized carbons (Fsp3) is 0.357. The van der Waals surface area contributed by atoms with Crippen LogP contribution in [0.1, 0.15) is 23.1 Å². The molecule has 3 aromatic rings. The minimum atomic E-state index is -1.11. The Kier molecular flexibility index (Phi) is 6.58. The summed E-state index contributed by atoms with van der Waals surface area (Å²) in [5.74, 6) is -0.282. The predicted molar refractivity (Wildman–Crippen MR) is 124 cm³/mol. The Bertz CT molecular complexity index is 1010. The zero-order valence-corrected chi connectivity index (χ0v) is 18.5. The molecule has 2 aliphatic carbocycles. The minimum absolute atomic E-state index is 0.282. The summed E-state index contributed by atoms with van der Waals surface area (Å²) in [7, 11) is 0. The summed E-state index contributed by atoms with van der Waals surface area (Å²) in [5.41, 5.74) is 1.95. The van der Waals surface area contributed by atoms with Gasteiger partial charge in [0, 0.05) is 5.92 Å². The highest BCUT2D eigenvalue weighted by Gasteiger charge is 2.70. The van der Waals surface area contributed by atoms with Gasteiger partial charge in [-0.05, 0) is 23.1 Å². The monoisotopic (exact) mass is 446 g/mol. The quantitative estimate of drug-likeness (QED) is 0.522. The van der Waals surface area contributed by atoms with Gasteiger partial charge in [-0.3, -0.25) is 0 Å². The average molecular weight is 447 g/mol. The molecule has 0 aromatic heterocycles. The van der Waals surface area contributed by atoms with Crippen molar-refractivity contribution in [3.05, 3.63) is 108 Å². The van der Waals surface area contributed by atoms with E-state index in [9.17, 15) is 10.2 Å². The van der Waals surface area contributed by atoms with Crippen LogP contribution in [0.5, 0.6) is 0 Å². The lowest BCUT2D eigenvalue weighted by Gasteiger charge is -2.42. The largest absolute Gasteiger partial charge is 0.390 e. The second-order valence-corrected chi connectivity index (χ2v) is 9.03. The second-order valence-electron chi connectivity index (χ2n) is 9.03. The maximum Gasteiger partial charge on any atom is 0.116 e. The molecular weight excluding hydrogens is 416 g/mol. The zero-order chi connectivity index (χ0) is 22.7. The number of fused-ring (bicyclic) bond motifs is 1. The first-order valence-electron chi connectivity index (χ1n) is 11.5. The van der Waals surface area contributed by atoms with Crippen LogP contribution in [0.15, 0.2) is 91.0 Å². The highest BCUT2D eigenvalue weighted by molar-refractivity contribution is 5.22. The first kappa shape index (κ1) is 22.3. The molecule has 0 heterocycles. The molecule has 0 aliphatic heterocycles. The van der Waals surface area contributed by atoms with E-state index in [0.717, 1.165) is 16.7 Å². The summed E-state index contributed by atoms with van der Waals surface area (Å²) in [4.78, 5) is 0. The highest BCUT2D eigenvalue weighted by Crippen LogP contribution is 2.56. The van der Waals surface area contributed by atoms with Crippen LogP contribution in [0.2, 0.25) is 0 Å². The van der Waals surface area contributed by atoms with Crippen molar-refractivity contribution in [3.63, 3.8) is 0 Å². The van der Waals surface area contributed by atoms with E-state index in [4.69, 9.17) is 14.2 Å². The Morgan fingerprint density at radius 2 is 1.06 bits per heavy atom. The summed E-state index contributed by atoms with van der Waals surface area (Å²) >= 11 is 0. The van der Waals surface area contributed by atoms with Crippen molar-refractivity contribution in [2.24, 2.45) is 5.92 Å². The van der Waals surface area contributed by atoms with Gasteiger partial charge in [-0.25, -0.2) is 0 Å². The van der Waals surface area contributed by atoms with Gasteiger partial charge in [-0.1, -0.05) is 91.0 Å². The van der Waals surface area contributed by atoms with Crippen LogP contribution in [0.25, 0.3) is 0 Å². The molecule has 2 aliphatic rings. The van der Waals surface area contributed by atoms with Gasteiger partial charge in [0.05, 0.1) is 31.5 Å². The maximum absolute atomic E-state index is 11.3. The van der Waals surface area contributed by atoms with Crippen molar-refractivity contribution in [2.75, 3.05) is 0 Å². The summed E-state index contributed by atoms with van der Waals surface area (Å²) in [5, 5.41) is 22.4. The third kappa shape index (κ3) is 4.88. The molecule has 0 saturated heterocycles. The minimum Gasteiger partial charge on any atom is -0.390 e. The summed E-state index contributed by atoms with van der Waals surface area (Å²) in [6, 6.07) is 29.6. The number of rotatable bonds is 9. The predicted octanol–water partition coefficient (Wildman–Crippen LogP) is 3.87. The summed E-state index contributed by atoms with van der Waals surface area (Å²) < 4.78 is 18.9. The molecule has 0 bridgehead atoms. The molecule has 5 nitrogen and oxygen atoms in total. The third-order valence-electron chi connectivity index (χ3n) is 6.74. The normalized spacial score (nSPS) is 30.5. The lowest BCUT2D eigenvalue weighted by Crippen LogP contribution is -2.59. The van der Waals surface area contributed by atoms with Gasteiger partial charge in [-0.2, -0.15) is 0 Å². The Balaban J connectivity index is 1.37. The van der Waals surface area contributed by atoms with Gasteiger partial charge < -0.3 is 24.4 Å². The smallest absolute Gasteiger partial charge is 0.116 e. The number of aliphatic hydroxyl groups excluding tert-OH is 1. The maximum atomic E-state index is 11.3. The molecule has 5 rings (SSSR count). The van der Waals surface area contributed by atoms with E-state index >= 15 is 0 Å². The van der Waals surface area contributed by atoms with E-state index in [1.54, 1.807) is 0 Å². The van der Waals surface area contributed by atoms with Gasteiger partial charge in [0.15, 0.2) is 0 Å². The molecule has 172 valence electrons. The zero-order valence-electron chi connectivity index (χ0n) is 18.5. The Labute approximate surface area is 194 Å². The second kappa shape index (κ2) is 9.75. The first-order chi connectivity index (χ1) is 16.1. The summed E-state index contributed by atoms with van der Waals surface area (Å²) in [6.45, 7) is 1.05. The van der Waals surface area contributed by atoms with Crippen LogP contribution in [0.3, 0.4) is 0 Å². The molecule has 5 heteroatoms. The van der Waals surface area contributed by atoms with Crippen molar-refractivity contribution < 1.29 is 24.4 Å². The van der Waals surface area contributed by atoms with Crippen LogP contribution in [-0.4, -0.2) is 40.2 Å². The summed E-state index contributed by atoms with van der Waals surface area (Å²) in [6.07, 6.45) is -2.17. The van der Waals surface area contributed by atoms with Crippen molar-refractivity contribution in [2.45, 2.75) is 56.3 Å². The number of aliphatic hydroxyl groups is 2. The van der Waals surface area contributed by atoms with Crippen LogP contribution in [0, 0.1) is 5.92 Å². The lowest BCUT2D eigenvalue weighted by atomic mass is 9.86. The molecule has 33 heavy (non-hydrogen) atoms. The van der Waals surface area contributed by atoms with Gasteiger partial charge in [-0.15, -0.1) is 0 Å². The van der Waals surface area contributed by atoms with E-state index < -0.39 is 30.0 Å². The Hall–Kier alpha value is -2.54. The number of benzene rings is 3. The van der Waals surface area contributed by atoms with E-state index in [-0.39, 0.29) is 5.92 Å². The third-order valence-corrected chi connectivity index (χ3v) is 6.74. The molecule has 0 unspecified atom stereocenters. The van der Waals surface area contributed by atoms with Gasteiger partial charge in [0.25, 0.3) is 0 Å². The number of hydrogen-bond donors (Lipinski definition) is 2. The Morgan fingerprint density at radius 1 is 0.636 bits per heavy atom. The molecule has 0 radical (unpaired) electrons. The molecule has 2 saturated carbocycles. The van der Waals surface area contributed by atoms with Crippen LogP contribution in [0.4, 0.5) is 0 Å². The molecule has 0 amide bonds. The number of hydrogen-bond acceptors (Lipinski definition) is 5. The first-order valence-corrected chi connectivity index (χ1v) is 11.5. The standard InChI is InChI=1S/C28H30O5/c29-24-23-16-28(23,30)27(33-19-22-14-8-3-9-15-22)26(32-18-21-12-6-2-7-13-21)25(24)31-17-20-10-4-1-5-11-20/h1-15,23-27,29-30H,16-19H2/t23-,24-,25-,26+,27-,28+/m0/s1. The van der Waals surface area contributed by atoms with E-state index in [1.165, 1.54) is 0 Å². The fourth-order valence-corrected chi connectivity index (χ4v) is 4.83. The van der Waals surface area contributed by atoms with Gasteiger partial charge >= 0.3 is 0 Å². The van der Waals surface area contributed by atoms with E-state index in [1.807, 2.05) is 91.0 Å². The Morgan fingerprint density at radius 3 is 1.55 bits per heavy atom. The van der Waals surface area contributed by atoms with Crippen molar-refractivity contribution in [1.29, 1.82) is 0 Å². The van der Waals surface area contributed by atoms with Gasteiger partial charge in [0.2, 0.25) is 0 Å². The van der Waals surface area contributed by atoms with E-state index in [2.05, 4.69) is 0 Å². The van der Waals surface area contributed by atoms with Crippen LogP contribution >= 0.6 is 0 Å². The SMILES string of the molecule is O[C@@H]1[C@H](OCc2ccccc2)[C@@H](OCc2ccccc2)[C@H](OCc2ccccc2)[C@@]2(O)C[C@@H]12. The van der Waals surface area contributed by atoms with E-state index in [0.29, 0.717) is 26.2 Å². The van der Waals surface area contributed by atoms with Crippen molar-refractivity contribution >= 4 is 0 Å². The van der Waals surface area contributed by atoms with Crippen LogP contribution in [-0.2, 0) is 34.0 Å². The van der Waals surface area contributed by atoms with Crippen molar-refractivity contribution in [1.82, 2.24) is 0 Å². The molecule has 3 aromatic carbocycles. The molecule has 2 N–H and O–H groups in total. The topological polar surface area (TPSA) is 68.2 Å².